The van der Waals surface area contributed by atoms with Gasteiger partial charge in [-0.25, -0.2) is 24.3 Å². The summed E-state index contributed by atoms with van der Waals surface area (Å²) in [6, 6.07) is 13.9. The Labute approximate surface area is 194 Å². The number of halogens is 1. The van der Waals surface area contributed by atoms with Crippen molar-refractivity contribution in [2.24, 2.45) is 0 Å². The van der Waals surface area contributed by atoms with Crippen molar-refractivity contribution >= 4 is 34.3 Å². The summed E-state index contributed by atoms with van der Waals surface area (Å²) in [4.78, 5) is 30.8. The molecule has 1 fully saturated rings. The Kier molecular flexibility index (Phi) is 5.69. The summed E-state index contributed by atoms with van der Waals surface area (Å²) in [5.74, 6) is 0.698. The van der Waals surface area contributed by atoms with Crippen LogP contribution in [0.4, 0.5) is 21.7 Å². The van der Waals surface area contributed by atoms with Gasteiger partial charge in [-0.1, -0.05) is 24.8 Å². The Morgan fingerprint density at radius 2 is 1.97 bits per heavy atom. The van der Waals surface area contributed by atoms with Crippen LogP contribution in [0.15, 0.2) is 73.7 Å². The van der Waals surface area contributed by atoms with Gasteiger partial charge >= 0.3 is 0 Å². The highest BCUT2D eigenvalue weighted by Gasteiger charge is 2.28. The topological polar surface area (TPSA) is 105 Å². The van der Waals surface area contributed by atoms with Gasteiger partial charge in [0.05, 0.1) is 23.4 Å². The average Bonchev–Trinajstić information content (AvgIpc) is 2.83. The van der Waals surface area contributed by atoms with Crippen molar-refractivity contribution in [3.63, 3.8) is 0 Å². The highest BCUT2D eigenvalue weighted by molar-refractivity contribution is 5.89. The fourth-order valence-corrected chi connectivity index (χ4v) is 3.52. The summed E-state index contributed by atoms with van der Waals surface area (Å²) < 4.78 is 20.1. The number of aromatic nitrogens is 4. The molecule has 0 spiro atoms. The van der Waals surface area contributed by atoms with Crippen molar-refractivity contribution < 1.29 is 13.9 Å². The van der Waals surface area contributed by atoms with Gasteiger partial charge in [0.1, 0.15) is 23.4 Å². The van der Waals surface area contributed by atoms with E-state index < -0.39 is 5.82 Å². The molecule has 0 saturated carbocycles. The molecular formula is C24H20FN7O2. The highest BCUT2D eigenvalue weighted by Crippen LogP contribution is 2.28. The second-order valence-electron chi connectivity index (χ2n) is 7.63. The first-order valence-corrected chi connectivity index (χ1v) is 10.5. The average molecular weight is 457 g/mol. The second kappa shape index (κ2) is 9.10. The van der Waals surface area contributed by atoms with E-state index in [1.807, 2.05) is 23.1 Å². The third-order valence-electron chi connectivity index (χ3n) is 5.23. The number of carbonyl (C=O) groups excluding carboxylic acids is 1. The summed E-state index contributed by atoms with van der Waals surface area (Å²) in [5.41, 5.74) is 1.56. The molecule has 1 saturated heterocycles. The lowest BCUT2D eigenvalue weighted by Gasteiger charge is -2.40. The minimum absolute atomic E-state index is 0.0401. The number of nitrogens with one attached hydrogen (secondary N) is 2. The highest BCUT2D eigenvalue weighted by atomic mass is 19.1. The Morgan fingerprint density at radius 1 is 1.15 bits per heavy atom. The molecule has 0 unspecified atom stereocenters. The minimum Gasteiger partial charge on any atom is -0.436 e. The summed E-state index contributed by atoms with van der Waals surface area (Å²) in [5, 5.41) is 5.92. The molecule has 5 rings (SSSR count). The van der Waals surface area contributed by atoms with Crippen LogP contribution in [-0.4, -0.2) is 45.0 Å². The van der Waals surface area contributed by atoms with Crippen LogP contribution < -0.4 is 20.3 Å². The van der Waals surface area contributed by atoms with Crippen LogP contribution in [0.3, 0.4) is 0 Å². The summed E-state index contributed by atoms with van der Waals surface area (Å²) >= 11 is 0. The Bertz CT molecular complexity index is 1360. The van der Waals surface area contributed by atoms with E-state index in [0.29, 0.717) is 41.4 Å². The van der Waals surface area contributed by atoms with E-state index in [1.54, 1.807) is 24.3 Å². The molecule has 2 N–H and O–H groups in total. The molecule has 1 amide bonds. The van der Waals surface area contributed by atoms with E-state index >= 15 is 0 Å². The Balaban J connectivity index is 1.34. The van der Waals surface area contributed by atoms with E-state index in [2.05, 4.69) is 37.1 Å². The molecule has 4 heterocycles. The number of rotatable bonds is 7. The molecule has 0 bridgehead atoms. The predicted octanol–water partition coefficient (Wildman–Crippen LogP) is 3.59. The lowest BCUT2D eigenvalue weighted by molar-refractivity contribution is -0.117. The molecule has 4 aromatic rings. The van der Waals surface area contributed by atoms with Crippen molar-refractivity contribution in [1.29, 1.82) is 0 Å². The fraction of sp³-hybridized carbons (Fsp3) is 0.125. The minimum atomic E-state index is -0.617. The van der Waals surface area contributed by atoms with Crippen LogP contribution in [0.25, 0.3) is 11.0 Å². The normalized spacial score (nSPS) is 13.3. The van der Waals surface area contributed by atoms with Gasteiger partial charge in [-0.2, -0.15) is 0 Å². The number of benzene rings is 1. The number of carbonyl (C=O) groups is 1. The van der Waals surface area contributed by atoms with Crippen LogP contribution in [0, 0.1) is 5.82 Å². The predicted molar refractivity (Wildman–Crippen MR) is 126 cm³/mol. The monoisotopic (exact) mass is 457 g/mol. The number of fused-ring (bicyclic) bond motifs is 1. The fourth-order valence-electron chi connectivity index (χ4n) is 3.52. The van der Waals surface area contributed by atoms with Gasteiger partial charge in [-0.3, -0.25) is 4.79 Å². The van der Waals surface area contributed by atoms with Gasteiger partial charge < -0.3 is 20.3 Å². The van der Waals surface area contributed by atoms with Crippen LogP contribution >= 0.6 is 0 Å². The molecule has 1 aromatic carbocycles. The SMILES string of the molecule is C=CC(=O)NC1CN(c2ccc3ncnc(Nc4cnc(Oc5ccccc5)c(F)c4)c3n2)C1. The summed E-state index contributed by atoms with van der Waals surface area (Å²) in [7, 11) is 0. The van der Waals surface area contributed by atoms with Crippen LogP contribution in [0.5, 0.6) is 11.6 Å². The zero-order chi connectivity index (χ0) is 23.5. The maximum atomic E-state index is 14.6. The molecule has 34 heavy (non-hydrogen) atoms. The van der Waals surface area contributed by atoms with Gasteiger partial charge in [0.25, 0.3) is 5.88 Å². The third-order valence-corrected chi connectivity index (χ3v) is 5.23. The molecule has 0 atom stereocenters. The van der Waals surface area contributed by atoms with E-state index in [9.17, 15) is 9.18 Å². The number of para-hydroxylation sites is 1. The number of hydrogen-bond donors (Lipinski definition) is 2. The number of anilines is 3. The van der Waals surface area contributed by atoms with E-state index in [1.165, 1.54) is 24.7 Å². The molecular weight excluding hydrogens is 437 g/mol. The maximum absolute atomic E-state index is 14.6. The molecule has 9 nitrogen and oxygen atoms in total. The molecule has 170 valence electrons. The van der Waals surface area contributed by atoms with Gasteiger partial charge in [-0.05, 0) is 30.3 Å². The quantitative estimate of drug-likeness (QED) is 0.406. The van der Waals surface area contributed by atoms with Crippen molar-refractivity contribution in [3.05, 3.63) is 79.5 Å². The largest absolute Gasteiger partial charge is 0.436 e. The molecule has 0 radical (unpaired) electrons. The number of nitrogens with zero attached hydrogens (tertiary/aromatic N) is 5. The van der Waals surface area contributed by atoms with Crippen molar-refractivity contribution in [1.82, 2.24) is 25.3 Å². The first-order valence-electron chi connectivity index (χ1n) is 10.5. The van der Waals surface area contributed by atoms with Gasteiger partial charge in [-0.15, -0.1) is 0 Å². The number of ether oxygens (including phenoxy) is 1. The standard InChI is InChI=1S/C24H20FN7O2/c1-2-21(33)29-16-12-32(13-16)20-9-8-19-22(31-20)23(28-14-27-19)30-15-10-18(25)24(26-11-15)34-17-6-4-3-5-7-17/h2-11,14,16H,1,12-13H2,(H,29,33)(H,27,28,30). The van der Waals surface area contributed by atoms with Gasteiger partial charge in [0.15, 0.2) is 11.6 Å². The number of amides is 1. The molecule has 10 heteroatoms. The molecule has 0 aliphatic carbocycles. The Morgan fingerprint density at radius 3 is 2.74 bits per heavy atom. The third kappa shape index (κ3) is 4.46. The molecule has 1 aliphatic rings. The van der Waals surface area contributed by atoms with Crippen molar-refractivity contribution in [2.75, 3.05) is 23.3 Å². The lowest BCUT2D eigenvalue weighted by Crippen LogP contribution is -2.59. The zero-order valence-corrected chi connectivity index (χ0v) is 18.0. The first-order chi connectivity index (χ1) is 16.6. The summed E-state index contributed by atoms with van der Waals surface area (Å²) in [6.45, 7) is 4.73. The molecule has 1 aliphatic heterocycles. The van der Waals surface area contributed by atoms with Crippen LogP contribution in [-0.2, 0) is 4.79 Å². The van der Waals surface area contributed by atoms with E-state index in [-0.39, 0.29) is 17.8 Å². The van der Waals surface area contributed by atoms with Crippen molar-refractivity contribution in [2.45, 2.75) is 6.04 Å². The van der Waals surface area contributed by atoms with Gasteiger partial charge in [0, 0.05) is 19.2 Å². The smallest absolute Gasteiger partial charge is 0.256 e. The maximum Gasteiger partial charge on any atom is 0.256 e. The Hall–Kier alpha value is -4.60. The first kappa shape index (κ1) is 21.3. The second-order valence-corrected chi connectivity index (χ2v) is 7.63. The van der Waals surface area contributed by atoms with Crippen LogP contribution in [0.2, 0.25) is 0 Å². The zero-order valence-electron chi connectivity index (χ0n) is 18.0. The lowest BCUT2D eigenvalue weighted by atomic mass is 10.1. The molecule has 3 aromatic heterocycles. The summed E-state index contributed by atoms with van der Waals surface area (Å²) in [6.07, 6.45) is 4.12. The van der Waals surface area contributed by atoms with Crippen molar-refractivity contribution in [3.8, 4) is 11.6 Å². The number of pyridine rings is 2. The van der Waals surface area contributed by atoms with Gasteiger partial charge in [0.2, 0.25) is 5.91 Å². The van der Waals surface area contributed by atoms with E-state index in [4.69, 9.17) is 4.74 Å². The number of hydrogen-bond acceptors (Lipinski definition) is 8. The van der Waals surface area contributed by atoms with Crippen LogP contribution in [0.1, 0.15) is 0 Å². The van der Waals surface area contributed by atoms with E-state index in [0.717, 1.165) is 5.82 Å².